The van der Waals surface area contributed by atoms with E-state index in [9.17, 15) is 10.1 Å². The van der Waals surface area contributed by atoms with Gasteiger partial charge in [0.15, 0.2) is 0 Å². The molecule has 1 aromatic heterocycles. The lowest BCUT2D eigenvalue weighted by Crippen LogP contribution is -2.26. The first kappa shape index (κ1) is 21.1. The summed E-state index contributed by atoms with van der Waals surface area (Å²) in [6, 6.07) is 24.2. The van der Waals surface area contributed by atoms with Crippen LogP contribution in [0.2, 0.25) is 5.02 Å². The monoisotopic (exact) mass is 446 g/mol. The van der Waals surface area contributed by atoms with Crippen LogP contribution in [0.15, 0.2) is 85.2 Å². The van der Waals surface area contributed by atoms with Crippen molar-refractivity contribution in [1.29, 1.82) is 0 Å². The smallest absolute Gasteiger partial charge is 0.334 e. The fourth-order valence-electron chi connectivity index (χ4n) is 3.13. The van der Waals surface area contributed by atoms with E-state index in [-0.39, 0.29) is 17.3 Å². The number of rotatable bonds is 7. The van der Waals surface area contributed by atoms with Gasteiger partial charge >= 0.3 is 5.69 Å². The molecule has 160 valence electrons. The second kappa shape index (κ2) is 9.32. The normalized spacial score (nSPS) is 10.4. The topological polar surface area (TPSA) is 96.2 Å². The van der Waals surface area contributed by atoms with Crippen LogP contribution >= 0.6 is 11.6 Å². The molecule has 0 saturated heterocycles. The predicted molar refractivity (Wildman–Crippen MR) is 127 cm³/mol. The van der Waals surface area contributed by atoms with E-state index in [2.05, 4.69) is 20.7 Å². The van der Waals surface area contributed by atoms with Crippen LogP contribution in [0.25, 0.3) is 0 Å². The molecule has 0 spiro atoms. The van der Waals surface area contributed by atoms with Gasteiger partial charge in [-0.2, -0.15) is 0 Å². The Morgan fingerprint density at radius 2 is 1.47 bits per heavy atom. The highest BCUT2D eigenvalue weighted by Gasteiger charge is 2.25. The minimum absolute atomic E-state index is 0.0416. The molecule has 2 N–H and O–H groups in total. The van der Waals surface area contributed by atoms with Crippen molar-refractivity contribution in [3.63, 3.8) is 0 Å². The third kappa shape index (κ3) is 4.45. The Morgan fingerprint density at radius 3 is 2.06 bits per heavy atom. The van der Waals surface area contributed by atoms with E-state index in [1.165, 1.54) is 6.33 Å². The maximum atomic E-state index is 12.0. The molecule has 4 aromatic rings. The van der Waals surface area contributed by atoms with E-state index < -0.39 is 4.92 Å². The molecule has 32 heavy (non-hydrogen) atoms. The van der Waals surface area contributed by atoms with Gasteiger partial charge in [0.05, 0.1) is 16.3 Å². The Kier molecular flexibility index (Phi) is 6.14. The molecule has 1 heterocycles. The fourth-order valence-corrected chi connectivity index (χ4v) is 3.31. The largest absolute Gasteiger partial charge is 0.355 e. The lowest BCUT2D eigenvalue weighted by Gasteiger charge is -2.26. The highest BCUT2D eigenvalue weighted by atomic mass is 35.5. The second-order valence-electron chi connectivity index (χ2n) is 6.83. The molecule has 0 bridgehead atoms. The minimum Gasteiger partial charge on any atom is -0.334 e. The second-order valence-corrected chi connectivity index (χ2v) is 7.24. The summed E-state index contributed by atoms with van der Waals surface area (Å²) in [5.41, 5.74) is 5.74. The van der Waals surface area contributed by atoms with Crippen LogP contribution in [0, 0.1) is 17.0 Å². The molecule has 8 nitrogen and oxygen atoms in total. The molecule has 3 aromatic carbocycles. The van der Waals surface area contributed by atoms with E-state index in [1.54, 1.807) is 23.2 Å². The van der Waals surface area contributed by atoms with Gasteiger partial charge in [-0.1, -0.05) is 54.1 Å². The van der Waals surface area contributed by atoms with Gasteiger partial charge in [0.2, 0.25) is 11.6 Å². The van der Waals surface area contributed by atoms with E-state index in [0.717, 1.165) is 16.9 Å². The molecule has 0 fully saturated rings. The summed E-state index contributed by atoms with van der Waals surface area (Å²) < 4.78 is 0. The average molecular weight is 447 g/mol. The molecule has 0 atom stereocenters. The lowest BCUT2D eigenvalue weighted by molar-refractivity contribution is -0.383. The summed E-state index contributed by atoms with van der Waals surface area (Å²) in [6.45, 7) is 1.82. The molecule has 0 saturated carbocycles. The van der Waals surface area contributed by atoms with Gasteiger partial charge in [0, 0.05) is 10.7 Å². The number of benzene rings is 3. The zero-order valence-corrected chi connectivity index (χ0v) is 17.8. The molecule has 0 aliphatic heterocycles. The molecule has 0 aliphatic carbocycles. The summed E-state index contributed by atoms with van der Waals surface area (Å²) in [6.07, 6.45) is 1.27. The van der Waals surface area contributed by atoms with Crippen LogP contribution in [-0.4, -0.2) is 14.9 Å². The number of nitro groups is 1. The summed E-state index contributed by atoms with van der Waals surface area (Å²) in [7, 11) is 0. The van der Waals surface area contributed by atoms with Crippen LogP contribution < -0.4 is 15.8 Å². The molecule has 9 heteroatoms. The van der Waals surface area contributed by atoms with Crippen LogP contribution in [0.3, 0.4) is 0 Å². The van der Waals surface area contributed by atoms with Gasteiger partial charge in [-0.15, -0.1) is 0 Å². The third-order valence-electron chi connectivity index (χ3n) is 4.77. The van der Waals surface area contributed by atoms with E-state index >= 15 is 0 Å². The molecule has 0 unspecified atom stereocenters. The van der Waals surface area contributed by atoms with Crippen LogP contribution in [0.4, 0.5) is 34.4 Å². The van der Waals surface area contributed by atoms with Crippen molar-refractivity contribution in [2.24, 2.45) is 0 Å². The van der Waals surface area contributed by atoms with E-state index in [0.29, 0.717) is 10.7 Å². The number of para-hydroxylation sites is 2. The van der Waals surface area contributed by atoms with Gasteiger partial charge in [-0.05, 0) is 48.9 Å². The first-order chi connectivity index (χ1) is 15.5. The van der Waals surface area contributed by atoms with Crippen molar-refractivity contribution in [3.8, 4) is 0 Å². The van der Waals surface area contributed by atoms with Crippen molar-refractivity contribution >= 4 is 46.0 Å². The summed E-state index contributed by atoms with van der Waals surface area (Å²) in [5.74, 6) is 0.0961. The average Bonchev–Trinajstić information content (AvgIpc) is 2.81. The maximum Gasteiger partial charge on any atom is 0.355 e. The van der Waals surface area contributed by atoms with Gasteiger partial charge in [-0.25, -0.2) is 9.97 Å². The SMILES string of the molecule is Cc1c(Cl)cccc1Nc1ncnc(NN(c2ccccc2)c2ccccc2)c1[N+](=O)[O-]. The molecule has 0 amide bonds. The van der Waals surface area contributed by atoms with Gasteiger partial charge in [-0.3, -0.25) is 20.5 Å². The van der Waals surface area contributed by atoms with Crippen molar-refractivity contribution in [1.82, 2.24) is 9.97 Å². The Balaban J connectivity index is 1.76. The number of halogens is 1. The third-order valence-corrected chi connectivity index (χ3v) is 5.18. The first-order valence-electron chi connectivity index (χ1n) is 9.73. The molecule has 0 radical (unpaired) electrons. The molecule has 0 aliphatic rings. The number of nitrogens with zero attached hydrogens (tertiary/aromatic N) is 4. The molecule has 4 rings (SSSR count). The van der Waals surface area contributed by atoms with Crippen LogP contribution in [-0.2, 0) is 0 Å². The van der Waals surface area contributed by atoms with Crippen molar-refractivity contribution in [3.05, 3.63) is 106 Å². The standard InChI is InChI=1S/C23H19ClN6O2/c1-16-19(24)13-8-14-20(16)27-22-21(30(31)32)23(26-15-25-22)28-29(17-9-4-2-5-10-17)18-11-6-3-7-12-18/h2-15H,1H3,(H2,25,26,27,28). The van der Waals surface area contributed by atoms with E-state index in [4.69, 9.17) is 11.6 Å². The van der Waals surface area contributed by atoms with Crippen molar-refractivity contribution < 1.29 is 4.92 Å². The predicted octanol–water partition coefficient (Wildman–Crippen LogP) is 6.26. The van der Waals surface area contributed by atoms with Gasteiger partial charge in [0.1, 0.15) is 6.33 Å². The van der Waals surface area contributed by atoms with Crippen molar-refractivity contribution in [2.45, 2.75) is 6.92 Å². The molecular weight excluding hydrogens is 428 g/mol. The van der Waals surface area contributed by atoms with Gasteiger partial charge in [0.25, 0.3) is 0 Å². The number of nitrogens with one attached hydrogen (secondary N) is 2. The first-order valence-corrected chi connectivity index (χ1v) is 10.1. The van der Waals surface area contributed by atoms with Crippen LogP contribution in [0.1, 0.15) is 5.56 Å². The highest BCUT2D eigenvalue weighted by molar-refractivity contribution is 6.31. The number of hydrazine groups is 1. The van der Waals surface area contributed by atoms with Gasteiger partial charge < -0.3 is 5.32 Å². The van der Waals surface area contributed by atoms with Crippen molar-refractivity contribution in [2.75, 3.05) is 15.8 Å². The fraction of sp³-hybridized carbons (Fsp3) is 0.0435. The Hall–Kier alpha value is -4.17. The number of anilines is 5. The summed E-state index contributed by atoms with van der Waals surface area (Å²) in [4.78, 5) is 19.8. The summed E-state index contributed by atoms with van der Waals surface area (Å²) in [5, 5.41) is 17.3. The summed E-state index contributed by atoms with van der Waals surface area (Å²) >= 11 is 6.19. The molecular formula is C23H19ClN6O2. The zero-order chi connectivity index (χ0) is 22.5. The maximum absolute atomic E-state index is 12.0. The highest BCUT2D eigenvalue weighted by Crippen LogP contribution is 2.35. The zero-order valence-electron chi connectivity index (χ0n) is 17.1. The number of aromatic nitrogens is 2. The number of hydrogen-bond acceptors (Lipinski definition) is 7. The quantitative estimate of drug-likeness (QED) is 0.255. The van der Waals surface area contributed by atoms with E-state index in [1.807, 2.05) is 67.6 Å². The number of hydrogen-bond donors (Lipinski definition) is 2. The minimum atomic E-state index is -0.515. The van der Waals surface area contributed by atoms with Crippen LogP contribution in [0.5, 0.6) is 0 Å². The Bertz CT molecular complexity index is 1200. The Morgan fingerprint density at radius 1 is 0.875 bits per heavy atom. The Labute approximate surface area is 189 Å². The lowest BCUT2D eigenvalue weighted by atomic mass is 10.2.